The summed E-state index contributed by atoms with van der Waals surface area (Å²) in [5.74, 6) is 0.287. The molecule has 0 amide bonds. The third kappa shape index (κ3) is 2.71. The van der Waals surface area contributed by atoms with Gasteiger partial charge in [-0.15, -0.1) is 0 Å². The lowest BCUT2D eigenvalue weighted by atomic mass is 10.2. The molecule has 0 radical (unpaired) electrons. The minimum atomic E-state index is -0.300. The molecule has 0 aliphatic carbocycles. The minimum absolute atomic E-state index is 0.300. The first-order valence-electron chi connectivity index (χ1n) is 6.06. The average Bonchev–Trinajstić information content (AvgIpc) is 2.41. The summed E-state index contributed by atoms with van der Waals surface area (Å²) < 4.78 is 13.9. The maximum absolute atomic E-state index is 13.9. The number of nitrogens with zero attached hydrogens (tertiary/aromatic N) is 3. The van der Waals surface area contributed by atoms with Crippen LogP contribution in [0.1, 0.15) is 18.2 Å². The van der Waals surface area contributed by atoms with E-state index in [2.05, 4.69) is 11.1 Å². The number of benzene rings is 1. The summed E-state index contributed by atoms with van der Waals surface area (Å²) in [6.45, 7) is 4.31. The molecule has 0 aliphatic rings. The van der Waals surface area contributed by atoms with E-state index in [1.54, 1.807) is 35.2 Å². The van der Waals surface area contributed by atoms with Crippen molar-refractivity contribution in [1.82, 2.24) is 4.98 Å². The zero-order valence-corrected chi connectivity index (χ0v) is 10.9. The van der Waals surface area contributed by atoms with Crippen molar-refractivity contribution in [3.05, 3.63) is 53.5 Å². The normalized spacial score (nSPS) is 10.0. The highest BCUT2D eigenvalue weighted by molar-refractivity contribution is 5.62. The summed E-state index contributed by atoms with van der Waals surface area (Å²) in [6, 6.07) is 12.0. The van der Waals surface area contributed by atoms with Gasteiger partial charge in [0.05, 0.1) is 17.3 Å². The number of aryl methyl sites for hydroxylation is 1. The Hall–Kier alpha value is -2.41. The Labute approximate surface area is 111 Å². The van der Waals surface area contributed by atoms with Gasteiger partial charge in [0.25, 0.3) is 0 Å². The zero-order valence-electron chi connectivity index (χ0n) is 10.9. The fourth-order valence-corrected chi connectivity index (χ4v) is 1.98. The molecule has 2 aromatic rings. The lowest BCUT2D eigenvalue weighted by Crippen LogP contribution is -2.19. The van der Waals surface area contributed by atoms with Crippen LogP contribution in [0.4, 0.5) is 15.9 Å². The van der Waals surface area contributed by atoms with Crippen molar-refractivity contribution in [3.63, 3.8) is 0 Å². The monoisotopic (exact) mass is 255 g/mol. The standard InChI is InChI=1S/C15H14FN3/c1-3-19(14-7-5-4-6-13(14)16)15-9-12(10-17)8-11(2)18-15/h4-9H,3H2,1-2H3. The Morgan fingerprint density at radius 2 is 2.05 bits per heavy atom. The molecule has 1 heterocycles. The third-order valence-electron chi connectivity index (χ3n) is 2.81. The smallest absolute Gasteiger partial charge is 0.146 e. The molecule has 0 saturated heterocycles. The molecule has 1 aromatic heterocycles. The molecule has 0 aliphatic heterocycles. The zero-order chi connectivity index (χ0) is 13.8. The minimum Gasteiger partial charge on any atom is -0.324 e. The second-order valence-electron chi connectivity index (χ2n) is 4.16. The number of hydrogen-bond acceptors (Lipinski definition) is 3. The molecule has 96 valence electrons. The van der Waals surface area contributed by atoms with Crippen LogP contribution in [0.3, 0.4) is 0 Å². The van der Waals surface area contributed by atoms with E-state index in [0.717, 1.165) is 5.69 Å². The molecule has 0 spiro atoms. The van der Waals surface area contributed by atoms with Gasteiger partial charge in [-0.1, -0.05) is 12.1 Å². The number of pyridine rings is 1. The molecule has 0 unspecified atom stereocenters. The van der Waals surface area contributed by atoms with Gasteiger partial charge in [0.15, 0.2) is 0 Å². The van der Waals surface area contributed by atoms with Crippen LogP contribution in [-0.2, 0) is 0 Å². The summed E-state index contributed by atoms with van der Waals surface area (Å²) in [5, 5.41) is 9.00. The van der Waals surface area contributed by atoms with Crippen molar-refractivity contribution in [1.29, 1.82) is 5.26 Å². The Bertz CT molecular complexity index is 632. The maximum atomic E-state index is 13.9. The molecule has 0 atom stereocenters. The summed E-state index contributed by atoms with van der Waals surface area (Å²) in [7, 11) is 0. The molecule has 2 rings (SSSR count). The van der Waals surface area contributed by atoms with Crippen LogP contribution >= 0.6 is 0 Å². The van der Waals surface area contributed by atoms with Crippen LogP contribution in [0.2, 0.25) is 0 Å². The van der Waals surface area contributed by atoms with Gasteiger partial charge >= 0.3 is 0 Å². The van der Waals surface area contributed by atoms with Gasteiger partial charge in [-0.2, -0.15) is 5.26 Å². The Kier molecular flexibility index (Phi) is 3.76. The first kappa shape index (κ1) is 13.0. The number of para-hydroxylation sites is 1. The van der Waals surface area contributed by atoms with Crippen LogP contribution in [0.5, 0.6) is 0 Å². The van der Waals surface area contributed by atoms with Crippen LogP contribution in [0, 0.1) is 24.1 Å². The van der Waals surface area contributed by atoms with Crippen molar-refractivity contribution in [2.45, 2.75) is 13.8 Å². The molecule has 0 saturated carbocycles. The van der Waals surface area contributed by atoms with E-state index >= 15 is 0 Å². The highest BCUT2D eigenvalue weighted by atomic mass is 19.1. The largest absolute Gasteiger partial charge is 0.324 e. The van der Waals surface area contributed by atoms with E-state index < -0.39 is 0 Å². The number of nitriles is 1. The topological polar surface area (TPSA) is 39.9 Å². The fourth-order valence-electron chi connectivity index (χ4n) is 1.98. The van der Waals surface area contributed by atoms with E-state index in [1.165, 1.54) is 6.07 Å². The third-order valence-corrected chi connectivity index (χ3v) is 2.81. The van der Waals surface area contributed by atoms with E-state index in [0.29, 0.717) is 23.6 Å². The number of halogens is 1. The van der Waals surface area contributed by atoms with E-state index in [4.69, 9.17) is 5.26 Å². The van der Waals surface area contributed by atoms with Crippen LogP contribution in [0.15, 0.2) is 36.4 Å². The number of hydrogen-bond donors (Lipinski definition) is 0. The first-order valence-corrected chi connectivity index (χ1v) is 6.06. The van der Waals surface area contributed by atoms with Gasteiger partial charge in [0, 0.05) is 12.2 Å². The van der Waals surface area contributed by atoms with Crippen molar-refractivity contribution in [2.75, 3.05) is 11.4 Å². The van der Waals surface area contributed by atoms with Gasteiger partial charge in [-0.3, -0.25) is 0 Å². The van der Waals surface area contributed by atoms with Gasteiger partial charge in [-0.05, 0) is 38.1 Å². The Morgan fingerprint density at radius 1 is 1.32 bits per heavy atom. The molecule has 4 heteroatoms. The second kappa shape index (κ2) is 5.49. The molecule has 0 bridgehead atoms. The highest BCUT2D eigenvalue weighted by Crippen LogP contribution is 2.26. The van der Waals surface area contributed by atoms with Gasteiger partial charge in [-0.25, -0.2) is 9.37 Å². The number of rotatable bonds is 3. The quantitative estimate of drug-likeness (QED) is 0.841. The second-order valence-corrected chi connectivity index (χ2v) is 4.16. The summed E-state index contributed by atoms with van der Waals surface area (Å²) in [6.07, 6.45) is 0. The lowest BCUT2D eigenvalue weighted by Gasteiger charge is -2.23. The molecule has 0 fully saturated rings. The molecule has 3 nitrogen and oxygen atoms in total. The highest BCUT2D eigenvalue weighted by Gasteiger charge is 2.13. The summed E-state index contributed by atoms with van der Waals surface area (Å²) in [4.78, 5) is 6.13. The van der Waals surface area contributed by atoms with Gasteiger partial charge in [0.1, 0.15) is 11.6 Å². The SMILES string of the molecule is CCN(c1cc(C#N)cc(C)n1)c1ccccc1F. The maximum Gasteiger partial charge on any atom is 0.146 e. The molecule has 1 aromatic carbocycles. The Balaban J connectivity index is 2.52. The molecular weight excluding hydrogens is 241 g/mol. The summed E-state index contributed by atoms with van der Waals surface area (Å²) in [5.41, 5.74) is 1.73. The molecule has 0 N–H and O–H groups in total. The predicted molar refractivity (Wildman–Crippen MR) is 72.8 cm³/mol. The number of anilines is 2. The van der Waals surface area contributed by atoms with E-state index in [9.17, 15) is 4.39 Å². The average molecular weight is 255 g/mol. The van der Waals surface area contributed by atoms with Crippen LogP contribution in [0.25, 0.3) is 0 Å². The Morgan fingerprint density at radius 3 is 2.68 bits per heavy atom. The van der Waals surface area contributed by atoms with Crippen LogP contribution in [-0.4, -0.2) is 11.5 Å². The molecule has 19 heavy (non-hydrogen) atoms. The van der Waals surface area contributed by atoms with Crippen molar-refractivity contribution >= 4 is 11.5 Å². The first-order chi connectivity index (χ1) is 9.15. The molecular formula is C15H14FN3. The van der Waals surface area contributed by atoms with Crippen molar-refractivity contribution in [2.24, 2.45) is 0 Å². The summed E-state index contributed by atoms with van der Waals surface area (Å²) >= 11 is 0. The predicted octanol–water partition coefficient (Wildman–Crippen LogP) is 3.56. The van der Waals surface area contributed by atoms with Crippen molar-refractivity contribution < 1.29 is 4.39 Å². The van der Waals surface area contributed by atoms with E-state index in [-0.39, 0.29) is 5.82 Å². The van der Waals surface area contributed by atoms with E-state index in [1.807, 2.05) is 13.8 Å². The lowest BCUT2D eigenvalue weighted by molar-refractivity contribution is 0.625. The van der Waals surface area contributed by atoms with Crippen LogP contribution < -0.4 is 4.90 Å². The van der Waals surface area contributed by atoms with Crippen molar-refractivity contribution in [3.8, 4) is 6.07 Å². The van der Waals surface area contributed by atoms with Gasteiger partial charge in [0.2, 0.25) is 0 Å². The number of aromatic nitrogens is 1. The van der Waals surface area contributed by atoms with Gasteiger partial charge < -0.3 is 4.90 Å². The fraction of sp³-hybridized carbons (Fsp3) is 0.200.